The number of aromatic nitrogens is 4. The smallest absolute Gasteiger partial charge is 1.00 e. The van der Waals surface area contributed by atoms with E-state index < -0.39 is 51.6 Å². The molecular weight excluding hydrogens is 1430 g/mol. The molecule has 3 N–H and O–H groups in total. The maximum Gasteiger partial charge on any atom is 2.00 e. The SMILES string of the molecule is C.C.C1CCOC1.CCOC(=O)c1nc(-c2ccc(CC(CCO[Si](c3ccccc3)(c3ccccc3)C(C)(C)C)NC(=O)OC(C)(C)C)cc2)cn1CC.CCn1cc(-c2ccc(CC(CCO[Si](c3ccccc3)(c3ccccc3)C(C)(C)C)NC(=O)OC(C)(C)C)cc2)nc1C(C)(C)O.[Br-].[CH3-].[Mg+2]. The summed E-state index contributed by atoms with van der Waals surface area (Å²) in [7, 11) is -5.46. The summed E-state index contributed by atoms with van der Waals surface area (Å²) in [6.07, 6.45) is 7.92. The number of ether oxygens (including phenoxy) is 4. The molecule has 2 aromatic heterocycles. The van der Waals surface area contributed by atoms with E-state index >= 15 is 0 Å². The second-order valence-electron chi connectivity index (χ2n) is 30.2. The fourth-order valence-electron chi connectivity index (χ4n) is 12.8. The fraction of sp³-hybridized carbons (Fsp3) is 0.459. The molecular formula is C85H123BrMgN6O10Si2. The number of hydrogen-bond acceptors (Lipinski definition) is 12. The molecule has 0 bridgehead atoms. The van der Waals surface area contributed by atoms with Crippen molar-refractivity contribution in [2.75, 3.05) is 33.0 Å². The van der Waals surface area contributed by atoms with E-state index in [9.17, 15) is 19.5 Å². The fourth-order valence-corrected chi connectivity index (χ4v) is 21.9. The average molecular weight is 1550 g/mol. The van der Waals surface area contributed by atoms with E-state index in [0.717, 1.165) is 47.7 Å². The van der Waals surface area contributed by atoms with E-state index in [1.54, 1.807) is 25.3 Å². The molecule has 570 valence electrons. The molecule has 3 heterocycles. The van der Waals surface area contributed by atoms with Gasteiger partial charge in [0.25, 0.3) is 16.6 Å². The minimum atomic E-state index is -2.74. The Hall–Kier alpha value is -6.73. The van der Waals surface area contributed by atoms with Crippen molar-refractivity contribution in [3.63, 3.8) is 0 Å². The van der Waals surface area contributed by atoms with Crippen LogP contribution in [-0.4, -0.2) is 138 Å². The molecule has 16 nitrogen and oxygen atoms in total. The van der Waals surface area contributed by atoms with Crippen LogP contribution in [0.15, 0.2) is 182 Å². The van der Waals surface area contributed by atoms with Crippen molar-refractivity contribution in [2.45, 2.75) is 223 Å². The Morgan fingerprint density at radius 1 is 0.514 bits per heavy atom. The average Bonchev–Trinajstić information content (AvgIpc) is 1.49. The number of amides is 2. The minimum Gasteiger partial charge on any atom is -1.00 e. The Kier molecular flexibility index (Phi) is 38.4. The van der Waals surface area contributed by atoms with Gasteiger partial charge in [-0.3, -0.25) is 0 Å². The maximum atomic E-state index is 13.0. The molecule has 2 atom stereocenters. The molecule has 2 amide bonds. The topological polar surface area (TPSA) is 187 Å². The molecule has 8 aromatic rings. The van der Waals surface area contributed by atoms with Gasteiger partial charge in [0.05, 0.1) is 18.0 Å². The summed E-state index contributed by atoms with van der Waals surface area (Å²) in [6, 6.07) is 58.2. The van der Waals surface area contributed by atoms with Crippen LogP contribution >= 0.6 is 0 Å². The molecule has 1 aliphatic heterocycles. The van der Waals surface area contributed by atoms with Crippen molar-refractivity contribution < 1.29 is 64.3 Å². The Morgan fingerprint density at radius 2 is 0.848 bits per heavy atom. The largest absolute Gasteiger partial charge is 2.00 e. The van der Waals surface area contributed by atoms with E-state index in [2.05, 4.69) is 178 Å². The van der Waals surface area contributed by atoms with Crippen LogP contribution in [0, 0.1) is 7.43 Å². The van der Waals surface area contributed by atoms with E-state index in [1.807, 2.05) is 121 Å². The number of rotatable bonds is 25. The number of hydrogen-bond donors (Lipinski definition) is 3. The molecule has 105 heavy (non-hydrogen) atoms. The van der Waals surface area contributed by atoms with Crippen LogP contribution in [0.4, 0.5) is 9.59 Å². The van der Waals surface area contributed by atoms with E-state index in [-0.39, 0.29) is 84.5 Å². The zero-order chi connectivity index (χ0) is 72.9. The van der Waals surface area contributed by atoms with Gasteiger partial charge < -0.3 is 77.1 Å². The summed E-state index contributed by atoms with van der Waals surface area (Å²) in [5, 5.41) is 21.5. The van der Waals surface area contributed by atoms with Crippen molar-refractivity contribution in [3.8, 4) is 22.5 Å². The predicted molar refractivity (Wildman–Crippen MR) is 434 cm³/mol. The summed E-state index contributed by atoms with van der Waals surface area (Å²) in [5.41, 5.74) is 3.25. The van der Waals surface area contributed by atoms with Crippen LogP contribution in [0.5, 0.6) is 0 Å². The first-order valence-electron chi connectivity index (χ1n) is 35.6. The Morgan fingerprint density at radius 3 is 1.12 bits per heavy atom. The van der Waals surface area contributed by atoms with Gasteiger partial charge >= 0.3 is 41.2 Å². The number of carbonyl (C=O) groups excluding carboxylic acids is 3. The van der Waals surface area contributed by atoms with Crippen LogP contribution in [0.3, 0.4) is 0 Å². The number of nitrogens with one attached hydrogen (secondary N) is 2. The number of halogens is 1. The zero-order valence-electron chi connectivity index (χ0n) is 64.7. The van der Waals surface area contributed by atoms with Gasteiger partial charge in [-0.2, -0.15) is 0 Å². The molecule has 0 saturated carbocycles. The molecule has 0 aliphatic carbocycles. The Bertz CT molecular complexity index is 3720. The third kappa shape index (κ3) is 26.9. The van der Waals surface area contributed by atoms with Crippen molar-refractivity contribution in [1.82, 2.24) is 29.7 Å². The molecule has 0 spiro atoms. The van der Waals surface area contributed by atoms with Gasteiger partial charge in [-0.05, 0) is 157 Å². The number of benzene rings is 6. The summed E-state index contributed by atoms with van der Waals surface area (Å²) >= 11 is 0. The third-order valence-corrected chi connectivity index (χ3v) is 27.5. The quantitative estimate of drug-likeness (QED) is 0.0213. The third-order valence-electron chi connectivity index (χ3n) is 17.4. The first kappa shape index (κ1) is 94.4. The van der Waals surface area contributed by atoms with Gasteiger partial charge in [0.15, 0.2) is 0 Å². The van der Waals surface area contributed by atoms with Gasteiger partial charge in [-0.15, -0.1) is 0 Å². The second-order valence-corrected chi connectivity index (χ2v) is 38.8. The molecule has 9 rings (SSSR count). The predicted octanol–water partition coefficient (Wildman–Crippen LogP) is 13.5. The molecule has 1 aliphatic rings. The van der Waals surface area contributed by atoms with Crippen molar-refractivity contribution in [2.24, 2.45) is 0 Å². The summed E-state index contributed by atoms with van der Waals surface area (Å²) in [5.74, 6) is 0.501. The molecule has 0 radical (unpaired) electrons. The molecule has 6 aromatic carbocycles. The van der Waals surface area contributed by atoms with Crippen molar-refractivity contribution >= 4 is 78.6 Å². The Labute approximate surface area is 659 Å². The van der Waals surface area contributed by atoms with Gasteiger partial charge in [0, 0.05) is 75.1 Å². The van der Waals surface area contributed by atoms with Gasteiger partial charge in [0.2, 0.25) is 5.82 Å². The summed E-state index contributed by atoms with van der Waals surface area (Å²) in [4.78, 5) is 47.8. The zero-order valence-corrected chi connectivity index (χ0v) is 69.7. The molecule has 1 saturated heterocycles. The number of aryl methyl sites for hydroxylation is 2. The summed E-state index contributed by atoms with van der Waals surface area (Å²) < 4.78 is 39.5. The minimum absolute atomic E-state index is 0. The maximum absolute atomic E-state index is 13.0. The van der Waals surface area contributed by atoms with Crippen LogP contribution in [0.1, 0.15) is 186 Å². The molecule has 1 fully saturated rings. The van der Waals surface area contributed by atoms with E-state index in [1.165, 1.54) is 33.6 Å². The van der Waals surface area contributed by atoms with Crippen LogP contribution in [0.2, 0.25) is 10.1 Å². The van der Waals surface area contributed by atoms with E-state index in [0.29, 0.717) is 69.4 Å². The first-order chi connectivity index (χ1) is 47.3. The van der Waals surface area contributed by atoms with Crippen LogP contribution < -0.4 is 48.4 Å². The van der Waals surface area contributed by atoms with Crippen molar-refractivity contribution in [3.05, 3.63) is 212 Å². The number of carbonyl (C=O) groups is 3. The van der Waals surface area contributed by atoms with Gasteiger partial charge in [-0.1, -0.05) is 226 Å². The normalized spacial score (nSPS) is 12.9. The molecule has 2 unspecified atom stereocenters. The standard InChI is InChI=1S/C39H51N3O5Si.C39H53N3O4Si.C4H8O.2CH4.CH3.BrH.Mg/c1-9-42-28-34(41-35(42)36(43)45-10-2)30-23-21-29(22-24-30)27-31(40-37(44)47-38(3,4)5)25-26-46-48(39(6,7)8,32-17-13-11-14-18-32)33-19-15-12-16-20-33;1-10-42-28-34(41-35(42)39(8,9)44)30-23-21-29(22-24-30)27-31(40-36(43)46-37(2,3)4)25-26-45-47(38(5,6)7,32-17-13-11-14-18-32)33-19-15-12-16-20-33;1-2-4-5-3-1;;;;;/h11-24,28,31H,9-10,25-27H2,1-8H3,(H,40,44);11-24,28,31,44H,10,25-27H2,1-9H3,(H,40,43);1-4H2;2*1H4;1H3;1H;/q;;;;;-1;;+2/p-1. The first-order valence-corrected chi connectivity index (χ1v) is 39.4. The number of esters is 1. The van der Waals surface area contributed by atoms with Gasteiger partial charge in [0.1, 0.15) is 22.6 Å². The summed E-state index contributed by atoms with van der Waals surface area (Å²) in [6.45, 7) is 38.6. The number of nitrogens with zero attached hydrogens (tertiary/aromatic N) is 4. The van der Waals surface area contributed by atoms with Crippen molar-refractivity contribution in [1.29, 1.82) is 0 Å². The number of alkyl carbamates (subject to hydrolysis) is 2. The monoisotopic (exact) mass is 1550 g/mol. The van der Waals surface area contributed by atoms with E-state index in [4.69, 9.17) is 32.8 Å². The second kappa shape index (κ2) is 42.7. The molecule has 20 heteroatoms. The van der Waals surface area contributed by atoms with Crippen LogP contribution in [0.25, 0.3) is 22.5 Å². The number of imidazole rings is 2. The number of aliphatic hydroxyl groups is 1. The van der Waals surface area contributed by atoms with Crippen LogP contribution in [-0.2, 0) is 59.3 Å². The van der Waals surface area contributed by atoms with Gasteiger partial charge in [-0.25, -0.2) is 24.4 Å². The Balaban J connectivity index is 0.000000638.